The first-order valence-electron chi connectivity index (χ1n) is 5.80. The van der Waals surface area contributed by atoms with Crippen molar-refractivity contribution in [1.29, 1.82) is 0 Å². The van der Waals surface area contributed by atoms with Crippen molar-refractivity contribution in [2.75, 3.05) is 27.3 Å². The van der Waals surface area contributed by atoms with Crippen molar-refractivity contribution in [2.24, 2.45) is 5.73 Å². The molecule has 0 spiro atoms. The van der Waals surface area contributed by atoms with Crippen molar-refractivity contribution in [2.45, 2.75) is 19.0 Å². The first-order valence-corrected chi connectivity index (χ1v) is 5.80. The Morgan fingerprint density at radius 3 is 2.71 bits per heavy atom. The molecule has 0 amide bonds. The number of methoxy groups -OCH3 is 1. The lowest BCUT2D eigenvalue weighted by Crippen LogP contribution is -2.38. The number of nitrogens with two attached hydrogens (primary N) is 1. The van der Waals surface area contributed by atoms with Gasteiger partial charge in [0.2, 0.25) is 0 Å². The van der Waals surface area contributed by atoms with Crippen molar-refractivity contribution in [3.05, 3.63) is 29.8 Å². The molecule has 0 saturated carbocycles. The van der Waals surface area contributed by atoms with E-state index < -0.39 is 0 Å². The molecule has 1 aromatic rings. The van der Waals surface area contributed by atoms with Gasteiger partial charge in [0.1, 0.15) is 5.75 Å². The van der Waals surface area contributed by atoms with Gasteiger partial charge in [0.05, 0.1) is 13.7 Å². The molecule has 4 nitrogen and oxygen atoms in total. The third-order valence-corrected chi connectivity index (χ3v) is 2.86. The predicted molar refractivity (Wildman–Crippen MR) is 69.1 cm³/mol. The van der Waals surface area contributed by atoms with Crippen LogP contribution in [0.1, 0.15) is 18.5 Å². The van der Waals surface area contributed by atoms with Crippen LogP contribution in [0.15, 0.2) is 24.3 Å². The van der Waals surface area contributed by atoms with E-state index in [1.54, 1.807) is 7.11 Å². The monoisotopic (exact) mass is 238 g/mol. The lowest BCUT2D eigenvalue weighted by Gasteiger charge is -2.31. The highest BCUT2D eigenvalue weighted by atomic mass is 16.5. The van der Waals surface area contributed by atoms with Crippen LogP contribution in [0.4, 0.5) is 0 Å². The third kappa shape index (κ3) is 3.70. The van der Waals surface area contributed by atoms with Crippen LogP contribution in [0.3, 0.4) is 0 Å². The zero-order chi connectivity index (χ0) is 12.8. The molecule has 4 heteroatoms. The molecule has 0 saturated heterocycles. The number of aliphatic hydroxyl groups excluding tert-OH is 1. The molecule has 2 unspecified atom stereocenters. The molecule has 1 aromatic carbocycles. The Balaban J connectivity index is 2.96. The highest BCUT2D eigenvalue weighted by Crippen LogP contribution is 2.25. The van der Waals surface area contributed by atoms with Crippen LogP contribution in [-0.4, -0.2) is 43.4 Å². The summed E-state index contributed by atoms with van der Waals surface area (Å²) in [6.45, 7) is 2.70. The minimum Gasteiger partial charge on any atom is -0.497 e. The lowest BCUT2D eigenvalue weighted by atomic mass is 9.99. The first kappa shape index (κ1) is 14.0. The quantitative estimate of drug-likeness (QED) is 0.776. The zero-order valence-electron chi connectivity index (χ0n) is 10.8. The highest BCUT2D eigenvalue weighted by Gasteiger charge is 2.21. The maximum atomic E-state index is 9.01. The van der Waals surface area contributed by atoms with E-state index in [1.165, 1.54) is 0 Å². The Morgan fingerprint density at radius 1 is 1.47 bits per heavy atom. The second-order valence-electron chi connectivity index (χ2n) is 4.28. The molecule has 17 heavy (non-hydrogen) atoms. The highest BCUT2D eigenvalue weighted by molar-refractivity contribution is 5.31. The van der Waals surface area contributed by atoms with E-state index in [2.05, 4.69) is 4.90 Å². The van der Waals surface area contributed by atoms with Gasteiger partial charge in [0.25, 0.3) is 0 Å². The minimum absolute atomic E-state index is 0.0151. The van der Waals surface area contributed by atoms with E-state index in [1.807, 2.05) is 38.2 Å². The number of likely N-dealkylation sites (N-methyl/N-ethyl adjacent to an activating group) is 1. The van der Waals surface area contributed by atoms with E-state index in [0.29, 0.717) is 6.54 Å². The number of aliphatic hydroxyl groups is 1. The van der Waals surface area contributed by atoms with E-state index in [4.69, 9.17) is 15.6 Å². The van der Waals surface area contributed by atoms with Crippen LogP contribution >= 0.6 is 0 Å². The summed E-state index contributed by atoms with van der Waals surface area (Å²) in [4.78, 5) is 2.06. The fourth-order valence-electron chi connectivity index (χ4n) is 2.08. The summed E-state index contributed by atoms with van der Waals surface area (Å²) < 4.78 is 5.22. The number of hydrogen-bond donors (Lipinski definition) is 2. The van der Waals surface area contributed by atoms with Gasteiger partial charge in [-0.3, -0.25) is 4.90 Å². The van der Waals surface area contributed by atoms with Gasteiger partial charge in [-0.15, -0.1) is 0 Å². The average molecular weight is 238 g/mol. The largest absolute Gasteiger partial charge is 0.497 e. The number of hydrogen-bond acceptors (Lipinski definition) is 4. The second kappa shape index (κ2) is 6.59. The molecule has 0 aliphatic heterocycles. The van der Waals surface area contributed by atoms with Crippen LogP contribution < -0.4 is 10.5 Å². The standard InChI is InChI=1S/C13H22N2O2/c1-10(14)13(15(2)7-8-16)11-5-4-6-12(9-11)17-3/h4-6,9-10,13,16H,7-8,14H2,1-3H3. The molecule has 96 valence electrons. The van der Waals surface area contributed by atoms with Gasteiger partial charge in [0, 0.05) is 18.6 Å². The number of rotatable bonds is 6. The summed E-state index contributed by atoms with van der Waals surface area (Å²) in [7, 11) is 3.61. The Hall–Kier alpha value is -1.10. The summed E-state index contributed by atoms with van der Waals surface area (Å²) in [5, 5.41) is 9.01. The van der Waals surface area contributed by atoms with Gasteiger partial charge in [-0.25, -0.2) is 0 Å². The third-order valence-electron chi connectivity index (χ3n) is 2.86. The van der Waals surface area contributed by atoms with E-state index in [9.17, 15) is 0 Å². The Labute approximate surface area is 103 Å². The molecular weight excluding hydrogens is 216 g/mol. The number of benzene rings is 1. The Bertz CT molecular complexity index is 342. The maximum Gasteiger partial charge on any atom is 0.119 e. The van der Waals surface area contributed by atoms with E-state index in [0.717, 1.165) is 11.3 Å². The second-order valence-corrected chi connectivity index (χ2v) is 4.28. The van der Waals surface area contributed by atoms with Crippen LogP contribution in [0, 0.1) is 0 Å². The number of nitrogens with zero attached hydrogens (tertiary/aromatic N) is 1. The van der Waals surface area contributed by atoms with Gasteiger partial charge in [-0.2, -0.15) is 0 Å². The van der Waals surface area contributed by atoms with Gasteiger partial charge in [0.15, 0.2) is 0 Å². The molecule has 0 aromatic heterocycles. The van der Waals surface area contributed by atoms with E-state index in [-0.39, 0.29) is 18.7 Å². The van der Waals surface area contributed by atoms with Crippen LogP contribution in [0.5, 0.6) is 5.75 Å². The van der Waals surface area contributed by atoms with Crippen molar-refractivity contribution in [3.8, 4) is 5.75 Å². The SMILES string of the molecule is COc1cccc(C(C(C)N)N(C)CCO)c1. The van der Waals surface area contributed by atoms with Crippen LogP contribution in [0.25, 0.3) is 0 Å². The van der Waals surface area contributed by atoms with E-state index >= 15 is 0 Å². The Morgan fingerprint density at radius 2 is 2.18 bits per heavy atom. The number of ether oxygens (including phenoxy) is 1. The molecule has 3 N–H and O–H groups in total. The smallest absolute Gasteiger partial charge is 0.119 e. The van der Waals surface area contributed by atoms with Crippen LogP contribution in [-0.2, 0) is 0 Å². The zero-order valence-corrected chi connectivity index (χ0v) is 10.8. The summed E-state index contributed by atoms with van der Waals surface area (Å²) in [5.41, 5.74) is 7.13. The molecule has 0 aliphatic carbocycles. The minimum atomic E-state index is -0.0151. The molecule has 1 rings (SSSR count). The molecular formula is C13H22N2O2. The molecule has 0 radical (unpaired) electrons. The van der Waals surface area contributed by atoms with Crippen molar-refractivity contribution in [1.82, 2.24) is 4.90 Å². The average Bonchev–Trinajstić information content (AvgIpc) is 2.29. The fraction of sp³-hybridized carbons (Fsp3) is 0.538. The molecule has 0 bridgehead atoms. The van der Waals surface area contributed by atoms with Gasteiger partial charge in [-0.1, -0.05) is 12.1 Å². The van der Waals surface area contributed by atoms with Crippen molar-refractivity contribution >= 4 is 0 Å². The molecule has 0 heterocycles. The summed E-state index contributed by atoms with van der Waals surface area (Å²) in [6.07, 6.45) is 0. The summed E-state index contributed by atoms with van der Waals surface area (Å²) in [5.74, 6) is 0.825. The van der Waals surface area contributed by atoms with Gasteiger partial charge in [-0.05, 0) is 31.7 Å². The fourth-order valence-corrected chi connectivity index (χ4v) is 2.08. The van der Waals surface area contributed by atoms with Gasteiger partial charge >= 0.3 is 0 Å². The molecule has 2 atom stereocenters. The molecule has 0 fully saturated rings. The summed E-state index contributed by atoms with van der Waals surface area (Å²) in [6, 6.07) is 7.95. The Kier molecular flexibility index (Phi) is 5.41. The predicted octanol–water partition coefficient (Wildman–Crippen LogP) is 1.01. The van der Waals surface area contributed by atoms with Crippen molar-refractivity contribution < 1.29 is 9.84 Å². The summed E-state index contributed by atoms with van der Waals surface area (Å²) >= 11 is 0. The normalized spacial score (nSPS) is 14.7. The van der Waals surface area contributed by atoms with Gasteiger partial charge < -0.3 is 15.6 Å². The van der Waals surface area contributed by atoms with Crippen molar-refractivity contribution in [3.63, 3.8) is 0 Å². The first-order chi connectivity index (χ1) is 8.10. The lowest BCUT2D eigenvalue weighted by molar-refractivity contribution is 0.167. The van der Waals surface area contributed by atoms with Crippen LogP contribution in [0.2, 0.25) is 0 Å². The molecule has 0 aliphatic rings. The maximum absolute atomic E-state index is 9.01. The topological polar surface area (TPSA) is 58.7 Å².